The average Bonchev–Trinajstić information content (AvgIpc) is 3.32. The third-order valence-corrected chi connectivity index (χ3v) is 6.19. The fourth-order valence-corrected chi connectivity index (χ4v) is 4.29. The molecule has 0 bridgehead atoms. The number of thioether (sulfide) groups is 1. The van der Waals surface area contributed by atoms with E-state index < -0.39 is 5.97 Å². The summed E-state index contributed by atoms with van der Waals surface area (Å²) >= 11 is 1.43. The van der Waals surface area contributed by atoms with Crippen LogP contribution in [0.3, 0.4) is 0 Å². The smallest absolute Gasteiger partial charge is 0.357 e. The van der Waals surface area contributed by atoms with Crippen LogP contribution in [0, 0.1) is 0 Å². The van der Waals surface area contributed by atoms with E-state index in [2.05, 4.69) is 9.88 Å². The van der Waals surface area contributed by atoms with Crippen LogP contribution in [0.1, 0.15) is 10.5 Å². The molecule has 0 saturated carbocycles. The molecular weight excluding hydrogens is 440 g/mol. The predicted molar refractivity (Wildman–Crippen MR) is 127 cm³/mol. The topological polar surface area (TPSA) is 76.9 Å². The van der Waals surface area contributed by atoms with Gasteiger partial charge in [0.05, 0.1) is 13.3 Å². The highest BCUT2D eigenvalue weighted by Gasteiger charge is 2.24. The van der Waals surface area contributed by atoms with Gasteiger partial charge in [0.2, 0.25) is 0 Å². The molecule has 4 rings (SSSR count). The molecule has 2 aromatic carbocycles. The van der Waals surface area contributed by atoms with Crippen molar-refractivity contribution in [1.29, 1.82) is 0 Å². The monoisotopic (exact) mass is 466 g/mol. The van der Waals surface area contributed by atoms with Crippen molar-refractivity contribution in [3.05, 3.63) is 66.5 Å². The van der Waals surface area contributed by atoms with Gasteiger partial charge in [0.15, 0.2) is 17.5 Å². The van der Waals surface area contributed by atoms with Crippen LogP contribution in [-0.2, 0) is 9.53 Å². The minimum Gasteiger partial charge on any atom is -0.497 e. The van der Waals surface area contributed by atoms with Gasteiger partial charge in [0, 0.05) is 37.6 Å². The Labute approximate surface area is 197 Å². The van der Waals surface area contributed by atoms with Gasteiger partial charge in [-0.25, -0.2) is 9.78 Å². The Balaban J connectivity index is 1.33. The summed E-state index contributed by atoms with van der Waals surface area (Å²) in [5.74, 6) is 0.0399. The minimum atomic E-state index is -0.572. The van der Waals surface area contributed by atoms with Crippen molar-refractivity contribution in [3.8, 4) is 11.4 Å². The molecule has 0 atom stereocenters. The second kappa shape index (κ2) is 10.4. The maximum atomic E-state index is 12.8. The number of para-hydroxylation sites is 1. The van der Waals surface area contributed by atoms with Crippen molar-refractivity contribution >= 4 is 29.3 Å². The van der Waals surface area contributed by atoms with Crippen molar-refractivity contribution in [1.82, 2.24) is 14.5 Å². The van der Waals surface area contributed by atoms with Gasteiger partial charge in [-0.3, -0.25) is 9.36 Å². The average molecular weight is 467 g/mol. The number of esters is 1. The number of rotatable bonds is 7. The Morgan fingerprint density at radius 3 is 2.30 bits per heavy atom. The fourth-order valence-electron chi connectivity index (χ4n) is 3.75. The molecule has 3 aromatic rings. The molecule has 0 unspecified atom stereocenters. The summed E-state index contributed by atoms with van der Waals surface area (Å²) in [6.07, 6.45) is 3.38. The number of benzene rings is 2. The number of amides is 1. The largest absolute Gasteiger partial charge is 0.497 e. The molecule has 9 heteroatoms. The van der Waals surface area contributed by atoms with E-state index in [0.29, 0.717) is 37.0 Å². The van der Waals surface area contributed by atoms with Crippen LogP contribution >= 0.6 is 11.8 Å². The molecule has 1 saturated heterocycles. The van der Waals surface area contributed by atoms with Crippen LogP contribution in [0.25, 0.3) is 5.69 Å². The Morgan fingerprint density at radius 2 is 1.67 bits per heavy atom. The molecule has 33 heavy (non-hydrogen) atoms. The molecule has 0 spiro atoms. The maximum absolute atomic E-state index is 12.8. The first-order chi connectivity index (χ1) is 16.1. The highest BCUT2D eigenvalue weighted by Crippen LogP contribution is 2.23. The van der Waals surface area contributed by atoms with E-state index in [1.807, 2.05) is 60.9 Å². The van der Waals surface area contributed by atoms with Crippen LogP contribution in [0.15, 0.2) is 66.0 Å². The lowest BCUT2D eigenvalue weighted by molar-refractivity contribution is -0.134. The third-order valence-electron chi connectivity index (χ3n) is 5.53. The molecule has 0 N–H and O–H groups in total. The van der Waals surface area contributed by atoms with Gasteiger partial charge in [-0.2, -0.15) is 0 Å². The first-order valence-electron chi connectivity index (χ1n) is 10.6. The quantitative estimate of drug-likeness (QED) is 0.391. The molecule has 0 aliphatic carbocycles. The zero-order chi connectivity index (χ0) is 23.2. The van der Waals surface area contributed by atoms with Gasteiger partial charge in [-0.1, -0.05) is 30.0 Å². The second-order valence-corrected chi connectivity index (χ2v) is 8.22. The van der Waals surface area contributed by atoms with Crippen molar-refractivity contribution < 1.29 is 19.1 Å². The molecule has 1 aromatic heterocycles. The number of hydrogen-bond donors (Lipinski definition) is 0. The number of anilines is 1. The van der Waals surface area contributed by atoms with Gasteiger partial charge in [0.1, 0.15) is 5.75 Å². The standard InChI is InChI=1S/C24H26N4O4S/c1-31-20-10-8-18(9-11-20)26-12-14-27(15-13-26)22(29)17-32-23(30)21-16-25-24(33-2)28(21)19-6-4-3-5-7-19/h3-11,16H,12-15,17H2,1-2H3. The summed E-state index contributed by atoms with van der Waals surface area (Å²) in [7, 11) is 1.64. The Bertz CT molecular complexity index is 1090. The molecule has 172 valence electrons. The normalized spacial score (nSPS) is 13.6. The Kier molecular flexibility index (Phi) is 7.19. The Hall–Kier alpha value is -3.46. The summed E-state index contributed by atoms with van der Waals surface area (Å²) in [5.41, 5.74) is 2.20. The number of hydrogen-bond acceptors (Lipinski definition) is 7. The van der Waals surface area contributed by atoms with Crippen LogP contribution in [0.2, 0.25) is 0 Å². The van der Waals surface area contributed by atoms with Gasteiger partial charge < -0.3 is 19.3 Å². The second-order valence-electron chi connectivity index (χ2n) is 7.44. The van der Waals surface area contributed by atoms with E-state index in [0.717, 1.165) is 17.1 Å². The fraction of sp³-hybridized carbons (Fsp3) is 0.292. The number of nitrogens with zero attached hydrogens (tertiary/aromatic N) is 4. The molecular formula is C24H26N4O4S. The molecule has 1 aliphatic heterocycles. The lowest BCUT2D eigenvalue weighted by Gasteiger charge is -2.36. The number of piperazine rings is 1. The summed E-state index contributed by atoms with van der Waals surface area (Å²) < 4.78 is 12.3. The zero-order valence-corrected chi connectivity index (χ0v) is 19.5. The molecule has 1 aliphatic rings. The summed E-state index contributed by atoms with van der Waals surface area (Å²) in [5, 5.41) is 0.675. The van der Waals surface area contributed by atoms with Crippen LogP contribution in [0.4, 0.5) is 5.69 Å². The zero-order valence-electron chi connectivity index (χ0n) is 18.6. The van der Waals surface area contributed by atoms with Gasteiger partial charge in [-0.15, -0.1) is 0 Å². The highest BCUT2D eigenvalue weighted by molar-refractivity contribution is 7.98. The lowest BCUT2D eigenvalue weighted by Crippen LogP contribution is -2.49. The number of methoxy groups -OCH3 is 1. The van der Waals surface area contributed by atoms with Crippen LogP contribution in [0.5, 0.6) is 5.75 Å². The summed E-state index contributed by atoms with van der Waals surface area (Å²) in [6.45, 7) is 2.27. The highest BCUT2D eigenvalue weighted by atomic mass is 32.2. The van der Waals surface area contributed by atoms with Crippen molar-refractivity contribution in [2.45, 2.75) is 5.16 Å². The predicted octanol–water partition coefficient (Wildman–Crippen LogP) is 3.11. The van der Waals surface area contributed by atoms with Crippen LogP contribution in [-0.4, -0.2) is 72.5 Å². The number of ether oxygens (including phenoxy) is 2. The number of imidazole rings is 1. The van der Waals surface area contributed by atoms with Crippen molar-refractivity contribution in [3.63, 3.8) is 0 Å². The molecule has 2 heterocycles. The Morgan fingerprint density at radius 1 is 0.970 bits per heavy atom. The van der Waals surface area contributed by atoms with E-state index in [1.165, 1.54) is 18.0 Å². The summed E-state index contributed by atoms with van der Waals surface area (Å²) in [4.78, 5) is 33.7. The molecule has 1 fully saturated rings. The first kappa shape index (κ1) is 22.7. The van der Waals surface area contributed by atoms with E-state index in [4.69, 9.17) is 9.47 Å². The van der Waals surface area contributed by atoms with E-state index >= 15 is 0 Å². The SMILES string of the molecule is COc1ccc(N2CCN(C(=O)COC(=O)c3cnc(SC)n3-c3ccccc3)CC2)cc1. The van der Waals surface area contributed by atoms with E-state index in [-0.39, 0.29) is 12.5 Å². The summed E-state index contributed by atoms with van der Waals surface area (Å²) in [6, 6.07) is 17.4. The number of aromatic nitrogens is 2. The van der Waals surface area contributed by atoms with Gasteiger partial charge in [0.25, 0.3) is 5.91 Å². The van der Waals surface area contributed by atoms with E-state index in [9.17, 15) is 9.59 Å². The lowest BCUT2D eigenvalue weighted by atomic mass is 10.2. The van der Waals surface area contributed by atoms with Gasteiger partial charge >= 0.3 is 5.97 Å². The first-order valence-corrected chi connectivity index (χ1v) is 11.8. The van der Waals surface area contributed by atoms with E-state index in [1.54, 1.807) is 16.6 Å². The number of carbonyl (C=O) groups excluding carboxylic acids is 2. The molecule has 0 radical (unpaired) electrons. The maximum Gasteiger partial charge on any atom is 0.357 e. The number of carbonyl (C=O) groups is 2. The van der Waals surface area contributed by atoms with Gasteiger partial charge in [-0.05, 0) is 42.7 Å². The molecule has 8 nitrogen and oxygen atoms in total. The minimum absolute atomic E-state index is 0.200. The van der Waals surface area contributed by atoms with Crippen molar-refractivity contribution in [2.24, 2.45) is 0 Å². The molecule has 1 amide bonds. The van der Waals surface area contributed by atoms with Crippen molar-refractivity contribution in [2.75, 3.05) is 51.1 Å². The third kappa shape index (κ3) is 5.14. The van der Waals surface area contributed by atoms with Crippen LogP contribution < -0.4 is 9.64 Å².